The van der Waals surface area contributed by atoms with Gasteiger partial charge in [0.05, 0.1) is 0 Å². The number of aromatic nitrogens is 1. The highest BCUT2D eigenvalue weighted by atomic mass is 16.3. The van der Waals surface area contributed by atoms with Crippen LogP contribution in [-0.2, 0) is 6.73 Å². The topological polar surface area (TPSA) is 25.2 Å². The molecule has 0 aliphatic heterocycles. The van der Waals surface area contributed by atoms with E-state index >= 15 is 0 Å². The van der Waals surface area contributed by atoms with Crippen molar-refractivity contribution >= 4 is 0 Å². The maximum atomic E-state index is 8.39. The lowest BCUT2D eigenvalue weighted by atomic mass is 10.5. The number of hydrogen-bond donors (Lipinski definition) is 1. The number of rotatable bonds is 1. The molecule has 1 N–H and O–H groups in total. The second-order valence-corrected chi connectivity index (χ2v) is 2.43. The van der Waals surface area contributed by atoms with Gasteiger partial charge in [-0.05, 0) is 18.6 Å². The normalized spacial score (nSPS) is 11.8. The van der Waals surface area contributed by atoms with Gasteiger partial charge in [-0.3, -0.25) is 0 Å². The maximum absolute atomic E-state index is 8.39. The Hall–Kier alpha value is -1.28. The second kappa shape index (κ2) is 7.37. The minimum absolute atomic E-state index is 0. The highest BCUT2D eigenvalue weighted by Crippen LogP contribution is 1.93. The van der Waals surface area contributed by atoms with Gasteiger partial charge in [-0.15, -0.1) is 0 Å². The molecule has 0 fully saturated rings. The highest BCUT2D eigenvalue weighted by molar-refractivity contribution is 5.11. The van der Waals surface area contributed by atoms with Crippen LogP contribution < -0.4 is 0 Å². The Bertz CT molecular complexity index is 237. The average Bonchev–Trinajstić information content (AvgIpc) is 2.81. The first-order chi connectivity index (χ1) is 5.93. The van der Waals surface area contributed by atoms with Crippen molar-refractivity contribution in [3.05, 3.63) is 48.8 Å². The van der Waals surface area contributed by atoms with Crippen LogP contribution in [0.5, 0.6) is 0 Å². The first kappa shape index (κ1) is 11.7. The molecule has 2 rings (SSSR count). The Morgan fingerprint density at radius 2 is 1.62 bits per heavy atom. The van der Waals surface area contributed by atoms with E-state index < -0.39 is 0 Å². The smallest absolute Gasteiger partial charge is 0.119 e. The van der Waals surface area contributed by atoms with Gasteiger partial charge < -0.3 is 9.67 Å². The molecule has 72 valence electrons. The average molecular weight is 179 g/mol. The summed E-state index contributed by atoms with van der Waals surface area (Å²) in [5.74, 6) is 0. The van der Waals surface area contributed by atoms with E-state index in [-0.39, 0.29) is 14.2 Å². The fourth-order valence-electron chi connectivity index (χ4n) is 0.857. The molecule has 0 unspecified atom stereocenters. The van der Waals surface area contributed by atoms with Gasteiger partial charge in [-0.25, -0.2) is 0 Å². The molecule has 0 amide bonds. The quantitative estimate of drug-likeness (QED) is 0.704. The van der Waals surface area contributed by atoms with Crippen LogP contribution in [-0.4, -0.2) is 9.67 Å². The highest BCUT2D eigenvalue weighted by Gasteiger charge is 1.76. The summed E-state index contributed by atoms with van der Waals surface area (Å²) in [6, 6.07) is 3.74. The van der Waals surface area contributed by atoms with Crippen molar-refractivity contribution < 1.29 is 5.11 Å². The van der Waals surface area contributed by atoms with Crippen LogP contribution in [0, 0.1) is 0 Å². The summed E-state index contributed by atoms with van der Waals surface area (Å²) in [5, 5.41) is 8.39. The summed E-state index contributed by atoms with van der Waals surface area (Å²) >= 11 is 0. The molecule has 0 saturated heterocycles. The van der Waals surface area contributed by atoms with E-state index in [2.05, 4.69) is 24.3 Å². The molecule has 2 nitrogen and oxygen atoms in total. The number of hydrogen-bond acceptors (Lipinski definition) is 1. The van der Waals surface area contributed by atoms with E-state index in [9.17, 15) is 0 Å². The second-order valence-electron chi connectivity index (χ2n) is 2.43. The van der Waals surface area contributed by atoms with E-state index in [0.717, 1.165) is 6.42 Å². The zero-order valence-electron chi connectivity index (χ0n) is 6.93. The molecular formula is C11H17NO. The fraction of sp³-hybridized carbons (Fsp3) is 0.273. The van der Waals surface area contributed by atoms with Gasteiger partial charge in [0.25, 0.3) is 0 Å². The lowest BCUT2D eigenvalue weighted by Crippen LogP contribution is -1.89. The molecule has 0 bridgehead atoms. The molecule has 2 heteroatoms. The molecule has 0 saturated carbocycles. The third-order valence-electron chi connectivity index (χ3n) is 1.48. The fourth-order valence-corrected chi connectivity index (χ4v) is 0.857. The molecule has 0 radical (unpaired) electrons. The minimum Gasteiger partial charge on any atom is -0.376 e. The third kappa shape index (κ3) is 5.04. The van der Waals surface area contributed by atoms with Crippen LogP contribution in [0.2, 0.25) is 0 Å². The lowest BCUT2D eigenvalue weighted by molar-refractivity contribution is 0.211. The summed E-state index contributed by atoms with van der Waals surface area (Å²) in [7, 11) is 0. The zero-order valence-corrected chi connectivity index (χ0v) is 6.93. The Labute approximate surface area is 79.8 Å². The maximum Gasteiger partial charge on any atom is 0.119 e. The van der Waals surface area contributed by atoms with E-state index in [1.165, 1.54) is 0 Å². The van der Waals surface area contributed by atoms with Crippen molar-refractivity contribution in [2.45, 2.75) is 20.6 Å². The van der Waals surface area contributed by atoms with Crippen LogP contribution in [0.15, 0.2) is 48.8 Å². The van der Waals surface area contributed by atoms with Gasteiger partial charge in [-0.1, -0.05) is 31.7 Å². The Morgan fingerprint density at radius 1 is 1.08 bits per heavy atom. The van der Waals surface area contributed by atoms with E-state index in [1.807, 2.05) is 12.1 Å². The van der Waals surface area contributed by atoms with Crippen molar-refractivity contribution in [3.8, 4) is 0 Å². The summed E-state index contributed by atoms with van der Waals surface area (Å²) in [5.41, 5.74) is 0. The zero-order chi connectivity index (χ0) is 8.65. The summed E-state index contributed by atoms with van der Waals surface area (Å²) in [6.45, 7) is 0.0764. The molecular weight excluding hydrogens is 162 g/mol. The van der Waals surface area contributed by atoms with Crippen LogP contribution in [0.4, 0.5) is 0 Å². The molecule has 1 heterocycles. The first-order valence-corrected chi connectivity index (χ1v) is 3.97. The van der Waals surface area contributed by atoms with Gasteiger partial charge in [-0.2, -0.15) is 0 Å². The third-order valence-corrected chi connectivity index (χ3v) is 1.48. The van der Waals surface area contributed by atoms with Gasteiger partial charge in [0, 0.05) is 12.4 Å². The molecule has 0 spiro atoms. The molecule has 1 aromatic heterocycles. The molecule has 1 aromatic rings. The Balaban J connectivity index is 0.000000215. The monoisotopic (exact) mass is 179 g/mol. The van der Waals surface area contributed by atoms with Crippen molar-refractivity contribution in [2.75, 3.05) is 0 Å². The minimum atomic E-state index is 0. The van der Waals surface area contributed by atoms with Crippen LogP contribution in [0.3, 0.4) is 0 Å². The van der Waals surface area contributed by atoms with Crippen LogP contribution in [0.25, 0.3) is 0 Å². The Morgan fingerprint density at radius 3 is 1.85 bits per heavy atom. The van der Waals surface area contributed by atoms with Crippen molar-refractivity contribution in [1.29, 1.82) is 0 Å². The first-order valence-electron chi connectivity index (χ1n) is 3.97. The molecule has 0 atom stereocenters. The standard InChI is InChI=1S/C5H7NO.C5H6.CH4/c7-5-6-3-1-2-4-6;1-2-4-5-3-1;/h1-4,7H,5H2;1-4H,5H2;1H4. The SMILES string of the molecule is C.C1=CCC=C1.OCn1cccc1. The van der Waals surface area contributed by atoms with Gasteiger partial charge >= 0.3 is 0 Å². The van der Waals surface area contributed by atoms with Crippen molar-refractivity contribution in [2.24, 2.45) is 0 Å². The van der Waals surface area contributed by atoms with Crippen molar-refractivity contribution in [3.63, 3.8) is 0 Å². The van der Waals surface area contributed by atoms with Crippen molar-refractivity contribution in [1.82, 2.24) is 4.57 Å². The number of allylic oxidation sites excluding steroid dienone is 4. The lowest BCUT2D eigenvalue weighted by Gasteiger charge is -1.89. The number of aliphatic hydroxyl groups is 1. The number of nitrogens with zero attached hydrogens (tertiary/aromatic N) is 1. The van der Waals surface area contributed by atoms with E-state index in [4.69, 9.17) is 5.11 Å². The molecule has 1 aliphatic carbocycles. The Kier molecular flexibility index (Phi) is 6.65. The van der Waals surface area contributed by atoms with E-state index in [1.54, 1.807) is 17.0 Å². The van der Waals surface area contributed by atoms with Gasteiger partial charge in [0.1, 0.15) is 6.73 Å². The van der Waals surface area contributed by atoms with Gasteiger partial charge in [0.15, 0.2) is 0 Å². The summed E-state index contributed by atoms with van der Waals surface area (Å²) in [6.07, 6.45) is 13.1. The van der Waals surface area contributed by atoms with E-state index in [0.29, 0.717) is 0 Å². The van der Waals surface area contributed by atoms with Crippen LogP contribution >= 0.6 is 0 Å². The molecule has 1 aliphatic rings. The van der Waals surface area contributed by atoms with Gasteiger partial charge in [0.2, 0.25) is 0 Å². The largest absolute Gasteiger partial charge is 0.376 e. The predicted molar refractivity (Wildman–Crippen MR) is 56.3 cm³/mol. The summed E-state index contributed by atoms with van der Waals surface area (Å²) in [4.78, 5) is 0. The van der Waals surface area contributed by atoms with Crippen LogP contribution in [0.1, 0.15) is 13.8 Å². The predicted octanol–water partition coefficient (Wildman–Crippen LogP) is 2.58. The molecule has 0 aromatic carbocycles. The number of aliphatic hydroxyl groups excluding tert-OH is 1. The molecule has 13 heavy (non-hydrogen) atoms. The summed E-state index contributed by atoms with van der Waals surface area (Å²) < 4.78 is 1.68.